The first-order valence-corrected chi connectivity index (χ1v) is 5.71. The highest BCUT2D eigenvalue weighted by Crippen LogP contribution is 2.55. The van der Waals surface area contributed by atoms with Crippen molar-refractivity contribution in [3.05, 3.63) is 0 Å². The maximum atomic E-state index is 12.0. The van der Waals surface area contributed by atoms with E-state index in [0.29, 0.717) is 31.0 Å². The van der Waals surface area contributed by atoms with Gasteiger partial charge in [-0.2, -0.15) is 0 Å². The molecule has 2 aliphatic rings. The fourth-order valence-corrected chi connectivity index (χ4v) is 3.49. The van der Waals surface area contributed by atoms with Gasteiger partial charge in [-0.05, 0) is 31.1 Å². The zero-order valence-corrected chi connectivity index (χ0v) is 9.41. The summed E-state index contributed by atoms with van der Waals surface area (Å²) in [6, 6.07) is 0. The Morgan fingerprint density at radius 3 is 2.87 bits per heavy atom. The van der Waals surface area contributed by atoms with Gasteiger partial charge in [0.1, 0.15) is 5.78 Å². The molecule has 0 saturated heterocycles. The average molecular weight is 210 g/mol. The molecular formula is C12H18O3. The van der Waals surface area contributed by atoms with E-state index >= 15 is 0 Å². The molecule has 2 fully saturated rings. The third-order valence-corrected chi connectivity index (χ3v) is 4.41. The largest absolute Gasteiger partial charge is 0.469 e. The molecule has 0 N–H and O–H groups in total. The van der Waals surface area contributed by atoms with Crippen LogP contribution < -0.4 is 0 Å². The number of rotatable bonds is 1. The van der Waals surface area contributed by atoms with Gasteiger partial charge < -0.3 is 4.74 Å². The third-order valence-electron chi connectivity index (χ3n) is 4.41. The number of hydrogen-bond acceptors (Lipinski definition) is 3. The molecule has 0 heterocycles. The molecular weight excluding hydrogens is 192 g/mol. The van der Waals surface area contributed by atoms with Crippen LogP contribution in [0.3, 0.4) is 0 Å². The first-order valence-electron chi connectivity index (χ1n) is 5.71. The van der Waals surface area contributed by atoms with E-state index < -0.39 is 0 Å². The third kappa shape index (κ3) is 1.40. The molecule has 3 heteroatoms. The molecule has 84 valence electrons. The van der Waals surface area contributed by atoms with Gasteiger partial charge in [0.2, 0.25) is 0 Å². The first-order chi connectivity index (χ1) is 7.11. The minimum absolute atomic E-state index is 0.0926. The lowest BCUT2D eigenvalue weighted by Crippen LogP contribution is -2.44. The molecule has 15 heavy (non-hydrogen) atoms. The van der Waals surface area contributed by atoms with Crippen LogP contribution in [0, 0.1) is 17.3 Å². The van der Waals surface area contributed by atoms with E-state index in [0.717, 1.165) is 12.8 Å². The topological polar surface area (TPSA) is 43.4 Å². The van der Waals surface area contributed by atoms with Gasteiger partial charge in [0.15, 0.2) is 0 Å². The van der Waals surface area contributed by atoms with Crippen LogP contribution >= 0.6 is 0 Å². The Balaban J connectivity index is 2.31. The molecule has 0 bridgehead atoms. The van der Waals surface area contributed by atoms with E-state index in [4.69, 9.17) is 4.74 Å². The molecule has 1 unspecified atom stereocenters. The Labute approximate surface area is 90.2 Å². The van der Waals surface area contributed by atoms with Crippen molar-refractivity contribution < 1.29 is 14.3 Å². The second-order valence-electron chi connectivity index (χ2n) is 4.95. The van der Waals surface area contributed by atoms with Crippen LogP contribution in [0.5, 0.6) is 0 Å². The molecule has 3 nitrogen and oxygen atoms in total. The predicted octanol–water partition coefficient (Wildman–Crippen LogP) is 1.94. The summed E-state index contributed by atoms with van der Waals surface area (Å²) in [4.78, 5) is 23.4. The van der Waals surface area contributed by atoms with Gasteiger partial charge in [-0.25, -0.2) is 0 Å². The average Bonchev–Trinajstić information content (AvgIpc) is 2.56. The Kier molecular flexibility index (Phi) is 2.57. The SMILES string of the molecule is COC(=O)[C@@]12CCC(=O)CC1CC[C@H]2C. The highest BCUT2D eigenvalue weighted by molar-refractivity contribution is 5.85. The predicted molar refractivity (Wildman–Crippen MR) is 55.2 cm³/mol. The van der Waals surface area contributed by atoms with Gasteiger partial charge in [-0.3, -0.25) is 9.59 Å². The van der Waals surface area contributed by atoms with Gasteiger partial charge in [0.25, 0.3) is 0 Å². The molecule has 0 radical (unpaired) electrons. The van der Waals surface area contributed by atoms with Crippen molar-refractivity contribution in [3.8, 4) is 0 Å². The molecule has 0 aliphatic heterocycles. The Hall–Kier alpha value is -0.860. The van der Waals surface area contributed by atoms with Gasteiger partial charge >= 0.3 is 5.97 Å². The molecule has 2 rings (SSSR count). The molecule has 2 saturated carbocycles. The summed E-state index contributed by atoms with van der Waals surface area (Å²) < 4.78 is 4.95. The summed E-state index contributed by atoms with van der Waals surface area (Å²) in [5, 5.41) is 0. The van der Waals surface area contributed by atoms with Crippen molar-refractivity contribution in [2.24, 2.45) is 17.3 Å². The summed E-state index contributed by atoms with van der Waals surface area (Å²) in [6.07, 6.45) is 3.88. The zero-order chi connectivity index (χ0) is 11.1. The first kappa shape index (κ1) is 10.7. The number of Topliss-reactive ketones (excluding diaryl/α,β-unsaturated/α-hetero) is 1. The minimum atomic E-state index is -0.345. The Morgan fingerprint density at radius 1 is 1.47 bits per heavy atom. The van der Waals surface area contributed by atoms with Crippen LogP contribution in [0.2, 0.25) is 0 Å². The lowest BCUT2D eigenvalue weighted by atomic mass is 9.64. The van der Waals surface area contributed by atoms with E-state index in [1.54, 1.807) is 0 Å². The van der Waals surface area contributed by atoms with Crippen molar-refractivity contribution in [3.63, 3.8) is 0 Å². The highest BCUT2D eigenvalue weighted by atomic mass is 16.5. The Morgan fingerprint density at radius 2 is 2.20 bits per heavy atom. The number of ketones is 1. The number of methoxy groups -OCH3 is 1. The van der Waals surface area contributed by atoms with Crippen molar-refractivity contribution >= 4 is 11.8 Å². The summed E-state index contributed by atoms with van der Waals surface area (Å²) in [5.41, 5.74) is -0.345. The quantitative estimate of drug-likeness (QED) is 0.621. The van der Waals surface area contributed by atoms with Crippen molar-refractivity contribution in [2.45, 2.75) is 39.0 Å². The fourth-order valence-electron chi connectivity index (χ4n) is 3.49. The van der Waals surface area contributed by atoms with E-state index in [1.165, 1.54) is 7.11 Å². The molecule has 2 aliphatic carbocycles. The van der Waals surface area contributed by atoms with Crippen molar-refractivity contribution in [2.75, 3.05) is 7.11 Å². The summed E-state index contributed by atoms with van der Waals surface area (Å²) >= 11 is 0. The zero-order valence-electron chi connectivity index (χ0n) is 9.41. The molecule has 0 spiro atoms. The normalized spacial score (nSPS) is 40.0. The van der Waals surface area contributed by atoms with Crippen LogP contribution in [0.15, 0.2) is 0 Å². The maximum absolute atomic E-state index is 12.0. The smallest absolute Gasteiger partial charge is 0.312 e. The van der Waals surface area contributed by atoms with Gasteiger partial charge in [0.05, 0.1) is 12.5 Å². The van der Waals surface area contributed by atoms with Gasteiger partial charge in [-0.1, -0.05) is 6.92 Å². The summed E-state index contributed by atoms with van der Waals surface area (Å²) in [6.45, 7) is 2.12. The van der Waals surface area contributed by atoms with Crippen LogP contribution in [0.4, 0.5) is 0 Å². The second-order valence-corrected chi connectivity index (χ2v) is 4.95. The van der Waals surface area contributed by atoms with Gasteiger partial charge in [-0.15, -0.1) is 0 Å². The number of carbonyl (C=O) groups excluding carboxylic acids is 2. The van der Waals surface area contributed by atoms with E-state index in [9.17, 15) is 9.59 Å². The monoisotopic (exact) mass is 210 g/mol. The van der Waals surface area contributed by atoms with Crippen molar-refractivity contribution in [1.82, 2.24) is 0 Å². The number of ether oxygens (including phenoxy) is 1. The van der Waals surface area contributed by atoms with Crippen LogP contribution in [0.25, 0.3) is 0 Å². The number of fused-ring (bicyclic) bond motifs is 1. The van der Waals surface area contributed by atoms with Crippen molar-refractivity contribution in [1.29, 1.82) is 0 Å². The lowest BCUT2D eigenvalue weighted by Gasteiger charge is -2.39. The number of hydrogen-bond donors (Lipinski definition) is 0. The van der Waals surface area contributed by atoms with Crippen LogP contribution in [0.1, 0.15) is 39.0 Å². The van der Waals surface area contributed by atoms with Gasteiger partial charge in [0, 0.05) is 12.8 Å². The molecule has 3 atom stereocenters. The van der Waals surface area contributed by atoms with Crippen LogP contribution in [-0.4, -0.2) is 18.9 Å². The molecule has 0 aromatic carbocycles. The fraction of sp³-hybridized carbons (Fsp3) is 0.833. The summed E-state index contributed by atoms with van der Waals surface area (Å²) in [5.74, 6) is 0.822. The number of esters is 1. The van der Waals surface area contributed by atoms with E-state index in [2.05, 4.69) is 6.92 Å². The minimum Gasteiger partial charge on any atom is -0.469 e. The lowest BCUT2D eigenvalue weighted by molar-refractivity contribution is -0.161. The molecule has 0 aromatic heterocycles. The summed E-state index contributed by atoms with van der Waals surface area (Å²) in [7, 11) is 1.45. The van der Waals surface area contributed by atoms with Crippen LogP contribution in [-0.2, 0) is 14.3 Å². The van der Waals surface area contributed by atoms with E-state index in [-0.39, 0.29) is 17.3 Å². The molecule has 0 amide bonds. The van der Waals surface area contributed by atoms with E-state index in [1.807, 2.05) is 0 Å². The second kappa shape index (κ2) is 3.62. The highest BCUT2D eigenvalue weighted by Gasteiger charge is 2.56. The number of carbonyl (C=O) groups is 2. The standard InChI is InChI=1S/C12H18O3/c1-8-3-4-9-7-10(13)5-6-12(8,9)11(14)15-2/h8-9H,3-7H2,1-2H3/t8-,9?,12-/m1/s1. The Bertz CT molecular complexity index is 297. The maximum Gasteiger partial charge on any atom is 0.312 e. The molecule has 0 aromatic rings.